The molecule has 3 aliphatic rings. The Morgan fingerprint density at radius 1 is 1.00 bits per heavy atom. The van der Waals surface area contributed by atoms with Crippen LogP contribution in [0.5, 0.6) is 17.2 Å². The van der Waals surface area contributed by atoms with Crippen LogP contribution in [0.25, 0.3) is 0 Å². The third-order valence-corrected chi connectivity index (χ3v) is 10.8. The molecule has 0 saturated carbocycles. The van der Waals surface area contributed by atoms with Crippen LogP contribution in [0.2, 0.25) is 0 Å². The van der Waals surface area contributed by atoms with E-state index < -0.39 is 19.7 Å². The highest BCUT2D eigenvalue weighted by Crippen LogP contribution is 2.43. The van der Waals surface area contributed by atoms with Crippen LogP contribution in [-0.4, -0.2) is 106 Å². The van der Waals surface area contributed by atoms with Gasteiger partial charge >= 0.3 is 6.18 Å². The predicted octanol–water partition coefficient (Wildman–Crippen LogP) is 6.04. The predicted molar refractivity (Wildman–Crippen MR) is 186 cm³/mol. The molecule has 3 aliphatic heterocycles. The molecule has 48 heavy (non-hydrogen) atoms. The number of anilines is 5. The number of benzene rings is 2. The van der Waals surface area contributed by atoms with Crippen molar-refractivity contribution in [1.82, 2.24) is 19.8 Å². The Labute approximate surface area is 281 Å². The minimum atomic E-state index is -4.68. The van der Waals surface area contributed by atoms with Crippen LogP contribution in [0.15, 0.2) is 30.5 Å². The summed E-state index contributed by atoms with van der Waals surface area (Å²) in [5.41, 5.74) is 2.18. The summed E-state index contributed by atoms with van der Waals surface area (Å²) < 4.78 is 59.9. The van der Waals surface area contributed by atoms with E-state index in [9.17, 15) is 13.2 Å². The van der Waals surface area contributed by atoms with Gasteiger partial charge < -0.3 is 34.6 Å². The van der Waals surface area contributed by atoms with E-state index in [4.69, 9.17) is 14.2 Å². The maximum Gasteiger partial charge on any atom is 0.421 e. The van der Waals surface area contributed by atoms with E-state index >= 15 is 0 Å². The monoisotopic (exact) mass is 687 g/mol. The van der Waals surface area contributed by atoms with E-state index in [0.29, 0.717) is 53.9 Å². The second-order valence-corrected chi connectivity index (χ2v) is 15.3. The molecule has 2 aromatic carbocycles. The van der Waals surface area contributed by atoms with Crippen LogP contribution < -0.4 is 35.0 Å². The van der Waals surface area contributed by atoms with Gasteiger partial charge in [-0.2, -0.15) is 18.2 Å². The molecule has 1 aromatic heterocycles. The number of alkyl halides is 3. The molecule has 0 bridgehead atoms. The number of halogens is 3. The van der Waals surface area contributed by atoms with Gasteiger partial charge in [-0.3, -0.25) is 4.90 Å². The van der Waals surface area contributed by atoms with E-state index in [1.165, 1.54) is 6.42 Å². The van der Waals surface area contributed by atoms with Crippen molar-refractivity contribution in [3.8, 4) is 17.2 Å². The van der Waals surface area contributed by atoms with Gasteiger partial charge in [0, 0.05) is 61.5 Å². The molecule has 0 amide bonds. The fourth-order valence-corrected chi connectivity index (χ4v) is 8.11. The van der Waals surface area contributed by atoms with Crippen molar-refractivity contribution in [2.45, 2.75) is 44.4 Å². The first kappa shape index (κ1) is 34.3. The fourth-order valence-electron chi connectivity index (χ4n) is 6.92. The van der Waals surface area contributed by atoms with Crippen molar-refractivity contribution in [3.63, 3.8) is 0 Å². The Morgan fingerprint density at radius 2 is 1.75 bits per heavy atom. The lowest BCUT2D eigenvalue weighted by Gasteiger charge is -2.38. The summed E-state index contributed by atoms with van der Waals surface area (Å²) in [6.07, 6.45) is -0.462. The van der Waals surface area contributed by atoms with Crippen LogP contribution >= 0.6 is 7.92 Å². The van der Waals surface area contributed by atoms with Gasteiger partial charge in [0.05, 0.1) is 18.5 Å². The Kier molecular flexibility index (Phi) is 10.1. The summed E-state index contributed by atoms with van der Waals surface area (Å²) >= 11 is 0. The zero-order valence-electron chi connectivity index (χ0n) is 28.4. The second kappa shape index (κ2) is 14.1. The third kappa shape index (κ3) is 7.23. The molecule has 260 valence electrons. The van der Waals surface area contributed by atoms with Gasteiger partial charge in [0.25, 0.3) is 0 Å². The molecular formula is C34H45F3N7O3P. The van der Waals surface area contributed by atoms with Gasteiger partial charge in [0.15, 0.2) is 11.5 Å². The summed E-state index contributed by atoms with van der Waals surface area (Å²) in [5, 5.41) is 6.85. The number of piperidine rings is 1. The maximum atomic E-state index is 14.2. The van der Waals surface area contributed by atoms with Crippen LogP contribution in [-0.2, 0) is 6.18 Å². The summed E-state index contributed by atoms with van der Waals surface area (Å²) in [6, 6.07) is 8.57. The van der Waals surface area contributed by atoms with Gasteiger partial charge in [-0.1, -0.05) is 7.92 Å². The van der Waals surface area contributed by atoms with E-state index in [1.54, 1.807) is 19.2 Å². The third-order valence-electron chi connectivity index (χ3n) is 9.49. The van der Waals surface area contributed by atoms with Crippen molar-refractivity contribution in [3.05, 3.63) is 41.6 Å². The van der Waals surface area contributed by atoms with Gasteiger partial charge in [0.1, 0.15) is 30.3 Å². The molecule has 2 saturated heterocycles. The summed E-state index contributed by atoms with van der Waals surface area (Å²) in [6.45, 7) is 11.0. The molecule has 0 aliphatic carbocycles. The minimum absolute atomic E-state index is 0.00719. The molecule has 0 radical (unpaired) electrons. The number of hydrogen-bond acceptors (Lipinski definition) is 10. The van der Waals surface area contributed by atoms with Crippen molar-refractivity contribution in [2.75, 3.05) is 89.5 Å². The fraction of sp³-hybridized carbons (Fsp3) is 0.529. The molecular weight excluding hydrogens is 642 g/mol. The highest BCUT2D eigenvalue weighted by atomic mass is 31.1. The zero-order chi connectivity index (χ0) is 34.2. The first-order valence-corrected chi connectivity index (χ1v) is 18.6. The largest absolute Gasteiger partial charge is 0.494 e. The molecule has 0 spiro atoms. The molecule has 4 heterocycles. The SMILES string of the molecule is COc1cc(N2CCC(N3CC[C@H](N(C)C)C3)CC2)c(C)cc1Nc1ncc(C(F)(F)F)c(Nc2ccc3c(c2P(C)C)OCCO3)n1. The van der Waals surface area contributed by atoms with Crippen LogP contribution in [0, 0.1) is 6.92 Å². The number of hydrogen-bond donors (Lipinski definition) is 2. The van der Waals surface area contributed by atoms with Crippen molar-refractivity contribution < 1.29 is 27.4 Å². The number of nitrogens with one attached hydrogen (secondary N) is 2. The number of methoxy groups -OCH3 is 1. The quantitative estimate of drug-likeness (QED) is 0.260. The number of aryl methyl sites for hydroxylation is 1. The van der Waals surface area contributed by atoms with Gasteiger partial charge in [-0.05, 0) is 77.4 Å². The molecule has 0 unspecified atom stereocenters. The Balaban J connectivity index is 1.22. The molecule has 3 aromatic rings. The summed E-state index contributed by atoms with van der Waals surface area (Å²) in [4.78, 5) is 15.8. The number of rotatable bonds is 9. The Morgan fingerprint density at radius 3 is 2.42 bits per heavy atom. The van der Waals surface area contributed by atoms with Crippen molar-refractivity contribution in [2.24, 2.45) is 0 Å². The number of ether oxygens (including phenoxy) is 3. The lowest BCUT2D eigenvalue weighted by molar-refractivity contribution is -0.137. The summed E-state index contributed by atoms with van der Waals surface area (Å²) in [5.74, 6) is 1.34. The normalized spacial score (nSPS) is 18.9. The number of likely N-dealkylation sites (tertiary alicyclic amines) is 1. The average Bonchev–Trinajstić information content (AvgIpc) is 3.55. The maximum absolute atomic E-state index is 14.2. The lowest BCUT2D eigenvalue weighted by atomic mass is 10.0. The number of nitrogens with zero attached hydrogens (tertiary/aromatic N) is 5. The highest BCUT2D eigenvalue weighted by Gasteiger charge is 2.36. The molecule has 2 fully saturated rings. The van der Waals surface area contributed by atoms with E-state index in [-0.39, 0.29) is 11.8 Å². The molecule has 14 heteroatoms. The molecule has 1 atom stereocenters. The Hall–Kier alpha value is -3.54. The van der Waals surface area contributed by atoms with Gasteiger partial charge in [-0.25, -0.2) is 4.98 Å². The number of likely N-dealkylation sites (N-methyl/N-ethyl adjacent to an activating group) is 1. The van der Waals surface area contributed by atoms with E-state index in [2.05, 4.69) is 49.4 Å². The van der Waals surface area contributed by atoms with Gasteiger partial charge in [-0.15, -0.1) is 0 Å². The zero-order valence-corrected chi connectivity index (χ0v) is 29.3. The van der Waals surface area contributed by atoms with Crippen LogP contribution in [0.1, 0.15) is 30.4 Å². The Bertz CT molecular complexity index is 1620. The van der Waals surface area contributed by atoms with Crippen LogP contribution in [0.3, 0.4) is 0 Å². The first-order valence-electron chi connectivity index (χ1n) is 16.3. The highest BCUT2D eigenvalue weighted by molar-refractivity contribution is 7.64. The minimum Gasteiger partial charge on any atom is -0.494 e. The molecule has 10 nitrogen and oxygen atoms in total. The first-order chi connectivity index (χ1) is 22.9. The molecule has 6 rings (SSSR count). The lowest BCUT2D eigenvalue weighted by Crippen LogP contribution is -2.45. The number of fused-ring (bicyclic) bond motifs is 1. The second-order valence-electron chi connectivity index (χ2n) is 13.0. The van der Waals surface area contributed by atoms with E-state index in [0.717, 1.165) is 61.8 Å². The average molecular weight is 688 g/mol. The summed E-state index contributed by atoms with van der Waals surface area (Å²) in [7, 11) is 5.13. The topological polar surface area (TPSA) is 87.3 Å². The van der Waals surface area contributed by atoms with E-state index in [1.807, 2.05) is 32.4 Å². The smallest absolute Gasteiger partial charge is 0.421 e. The van der Waals surface area contributed by atoms with Crippen molar-refractivity contribution in [1.29, 1.82) is 0 Å². The van der Waals surface area contributed by atoms with Gasteiger partial charge in [0.2, 0.25) is 5.95 Å². The number of aromatic nitrogens is 2. The standard InChI is InChI=1S/C34H45F3N7O3P/c1-21-17-26(29(45-4)18-27(21)43-12-9-22(10-13-43)44-14-11-23(20-44)42(2)3)40-33-38-19-24(34(35,36)37)32(41-33)39-25-7-8-28-30(31(25)48(5)6)47-16-15-46-28/h7-8,17-19,22-23H,9-16,20H2,1-6H3,(H2,38,39,40,41)/t23-/m0/s1. The van der Waals surface area contributed by atoms with Crippen LogP contribution in [0.4, 0.5) is 42.0 Å². The van der Waals surface area contributed by atoms with Crippen molar-refractivity contribution >= 4 is 42.1 Å². The molecule has 2 N–H and O–H groups in total.